The molecule has 0 amide bonds. The molecule has 76 valence electrons. The van der Waals surface area contributed by atoms with E-state index in [1.807, 2.05) is 0 Å². The molecule has 1 aliphatic rings. The lowest BCUT2D eigenvalue weighted by Crippen LogP contribution is -2.31. The number of rotatable bonds is 3. The summed E-state index contributed by atoms with van der Waals surface area (Å²) >= 11 is 5.41. The quantitative estimate of drug-likeness (QED) is 0.743. The lowest BCUT2D eigenvalue weighted by molar-refractivity contribution is 0.189. The van der Waals surface area contributed by atoms with Gasteiger partial charge in [-0.05, 0) is 6.42 Å². The molecule has 13 heavy (non-hydrogen) atoms. The molecule has 4 nitrogen and oxygen atoms in total. The maximum absolute atomic E-state index is 11.5. The summed E-state index contributed by atoms with van der Waals surface area (Å²) in [6.07, 6.45) is -0.0491. The SMILES string of the molecule is C=C(Cl)CS(=O)(=O)N1CC[C@@H](O)C1. The summed E-state index contributed by atoms with van der Waals surface area (Å²) in [5.74, 6) is -0.249. The third-order valence-electron chi connectivity index (χ3n) is 1.86. The first-order valence-electron chi connectivity index (χ1n) is 3.91. The maximum Gasteiger partial charge on any atom is 0.219 e. The minimum atomic E-state index is -3.35. The fraction of sp³-hybridized carbons (Fsp3) is 0.714. The van der Waals surface area contributed by atoms with Crippen molar-refractivity contribution in [2.24, 2.45) is 0 Å². The minimum absolute atomic E-state index is 0.0985. The topological polar surface area (TPSA) is 57.6 Å². The Morgan fingerprint density at radius 3 is 2.69 bits per heavy atom. The summed E-state index contributed by atoms with van der Waals surface area (Å²) in [6, 6.07) is 0. The van der Waals surface area contributed by atoms with E-state index in [2.05, 4.69) is 6.58 Å². The molecular formula is C7H12ClNO3S. The number of aliphatic hydroxyl groups is 1. The zero-order valence-corrected chi connectivity index (χ0v) is 8.68. The Bertz CT molecular complexity index is 301. The number of hydrogen-bond donors (Lipinski definition) is 1. The van der Waals surface area contributed by atoms with Gasteiger partial charge < -0.3 is 5.11 Å². The third-order valence-corrected chi connectivity index (χ3v) is 3.98. The van der Waals surface area contributed by atoms with Crippen molar-refractivity contribution in [3.8, 4) is 0 Å². The number of nitrogens with zero attached hydrogens (tertiary/aromatic N) is 1. The first-order chi connectivity index (χ1) is 5.92. The number of hydrogen-bond acceptors (Lipinski definition) is 3. The van der Waals surface area contributed by atoms with Gasteiger partial charge in [0.25, 0.3) is 0 Å². The Morgan fingerprint density at radius 2 is 2.31 bits per heavy atom. The van der Waals surface area contributed by atoms with Crippen molar-refractivity contribution in [3.05, 3.63) is 11.6 Å². The largest absolute Gasteiger partial charge is 0.392 e. The van der Waals surface area contributed by atoms with Crippen molar-refractivity contribution >= 4 is 21.6 Å². The lowest BCUT2D eigenvalue weighted by atomic mass is 10.3. The van der Waals surface area contributed by atoms with Crippen molar-refractivity contribution in [3.63, 3.8) is 0 Å². The number of aliphatic hydroxyl groups excluding tert-OH is 1. The summed E-state index contributed by atoms with van der Waals surface area (Å²) in [6.45, 7) is 3.87. The van der Waals surface area contributed by atoms with Crippen molar-refractivity contribution < 1.29 is 13.5 Å². The third kappa shape index (κ3) is 2.95. The molecule has 1 N–H and O–H groups in total. The Kier molecular flexibility index (Phi) is 3.34. The molecule has 0 aliphatic carbocycles. The fourth-order valence-corrected chi connectivity index (χ4v) is 3.03. The van der Waals surface area contributed by atoms with E-state index in [0.29, 0.717) is 13.0 Å². The molecule has 1 heterocycles. The van der Waals surface area contributed by atoms with E-state index in [1.54, 1.807) is 0 Å². The van der Waals surface area contributed by atoms with Crippen LogP contribution in [0.1, 0.15) is 6.42 Å². The van der Waals surface area contributed by atoms with Crippen LogP contribution in [0.25, 0.3) is 0 Å². The van der Waals surface area contributed by atoms with Crippen molar-refractivity contribution in [1.82, 2.24) is 4.31 Å². The first kappa shape index (κ1) is 11.0. The zero-order chi connectivity index (χ0) is 10.1. The number of sulfonamides is 1. The van der Waals surface area contributed by atoms with Crippen LogP contribution in [-0.4, -0.2) is 42.8 Å². The zero-order valence-electron chi connectivity index (χ0n) is 7.11. The van der Waals surface area contributed by atoms with Crippen LogP contribution >= 0.6 is 11.6 Å². The highest BCUT2D eigenvalue weighted by molar-refractivity contribution is 7.89. The fourth-order valence-electron chi connectivity index (χ4n) is 1.25. The molecule has 0 aromatic heterocycles. The van der Waals surface area contributed by atoms with E-state index < -0.39 is 16.1 Å². The van der Waals surface area contributed by atoms with Crippen molar-refractivity contribution in [2.75, 3.05) is 18.8 Å². The second kappa shape index (κ2) is 3.96. The van der Waals surface area contributed by atoms with E-state index >= 15 is 0 Å². The average molecular weight is 226 g/mol. The van der Waals surface area contributed by atoms with E-state index in [4.69, 9.17) is 16.7 Å². The normalized spacial score (nSPS) is 24.9. The maximum atomic E-state index is 11.5. The average Bonchev–Trinajstić information content (AvgIpc) is 2.32. The van der Waals surface area contributed by atoms with Crippen LogP contribution in [0.15, 0.2) is 11.6 Å². The van der Waals surface area contributed by atoms with Gasteiger partial charge in [-0.25, -0.2) is 8.42 Å². The van der Waals surface area contributed by atoms with Gasteiger partial charge in [0.2, 0.25) is 10.0 Å². The van der Waals surface area contributed by atoms with Crippen LogP contribution in [-0.2, 0) is 10.0 Å². The summed E-state index contributed by atoms with van der Waals surface area (Å²) in [4.78, 5) is 0. The molecular weight excluding hydrogens is 214 g/mol. The van der Waals surface area contributed by atoms with Crippen LogP contribution in [0.2, 0.25) is 0 Å². The molecule has 6 heteroatoms. The van der Waals surface area contributed by atoms with Crippen LogP contribution < -0.4 is 0 Å². The highest BCUT2D eigenvalue weighted by Gasteiger charge is 2.30. The minimum Gasteiger partial charge on any atom is -0.392 e. The van der Waals surface area contributed by atoms with E-state index in [9.17, 15) is 8.42 Å². The van der Waals surface area contributed by atoms with Gasteiger partial charge in [-0.3, -0.25) is 0 Å². The van der Waals surface area contributed by atoms with E-state index in [-0.39, 0.29) is 17.3 Å². The summed E-state index contributed by atoms with van der Waals surface area (Å²) < 4.78 is 24.2. The predicted octanol–water partition coefficient (Wildman–Crippen LogP) is 0.135. The van der Waals surface area contributed by atoms with Gasteiger partial charge in [-0.2, -0.15) is 4.31 Å². The van der Waals surface area contributed by atoms with Crippen LogP contribution in [0, 0.1) is 0 Å². The van der Waals surface area contributed by atoms with Gasteiger partial charge in [0, 0.05) is 18.1 Å². The summed E-state index contributed by atoms with van der Waals surface area (Å²) in [7, 11) is -3.35. The molecule has 0 radical (unpaired) electrons. The van der Waals surface area contributed by atoms with Gasteiger partial charge in [0.1, 0.15) is 0 Å². The number of β-amino-alcohol motifs (C(OH)–C–C–N with tert-alkyl or cyclic N) is 1. The van der Waals surface area contributed by atoms with Crippen LogP contribution in [0.4, 0.5) is 0 Å². The summed E-state index contributed by atoms with van der Waals surface area (Å²) in [5.41, 5.74) is 0. The Labute approximate surface area is 82.9 Å². The van der Waals surface area contributed by atoms with Crippen LogP contribution in [0.3, 0.4) is 0 Å². The molecule has 1 saturated heterocycles. The van der Waals surface area contributed by atoms with Gasteiger partial charge >= 0.3 is 0 Å². The van der Waals surface area contributed by atoms with Gasteiger partial charge in [-0.1, -0.05) is 18.2 Å². The molecule has 1 rings (SSSR count). The highest BCUT2D eigenvalue weighted by Crippen LogP contribution is 2.16. The standard InChI is InChI=1S/C7H12ClNO3S/c1-6(8)5-13(11,12)9-3-2-7(10)4-9/h7,10H,1-5H2/t7-/m1/s1. The molecule has 0 unspecified atom stereocenters. The highest BCUT2D eigenvalue weighted by atomic mass is 35.5. The van der Waals surface area contributed by atoms with E-state index in [1.165, 1.54) is 4.31 Å². The number of halogens is 1. The van der Waals surface area contributed by atoms with Gasteiger partial charge in [-0.15, -0.1) is 0 Å². The van der Waals surface area contributed by atoms with Gasteiger partial charge in [0.05, 0.1) is 11.9 Å². The van der Waals surface area contributed by atoms with Crippen LogP contribution in [0.5, 0.6) is 0 Å². The van der Waals surface area contributed by atoms with Gasteiger partial charge in [0.15, 0.2) is 0 Å². The van der Waals surface area contributed by atoms with Crippen molar-refractivity contribution in [2.45, 2.75) is 12.5 Å². The molecule has 0 saturated carbocycles. The van der Waals surface area contributed by atoms with Crippen molar-refractivity contribution in [1.29, 1.82) is 0 Å². The second-order valence-corrected chi connectivity index (χ2v) is 5.58. The summed E-state index contributed by atoms with van der Waals surface area (Å²) in [5, 5.41) is 9.23. The molecule has 0 spiro atoms. The Hall–Kier alpha value is -0.100. The molecule has 1 fully saturated rings. The first-order valence-corrected chi connectivity index (χ1v) is 5.89. The second-order valence-electron chi connectivity index (χ2n) is 3.07. The Morgan fingerprint density at radius 1 is 1.69 bits per heavy atom. The molecule has 0 aromatic carbocycles. The monoisotopic (exact) mass is 225 g/mol. The molecule has 0 aromatic rings. The smallest absolute Gasteiger partial charge is 0.219 e. The Balaban J connectivity index is 2.65. The lowest BCUT2D eigenvalue weighted by Gasteiger charge is -2.14. The molecule has 0 bridgehead atoms. The molecule has 1 atom stereocenters. The predicted molar refractivity (Wildman–Crippen MR) is 51.0 cm³/mol. The van der Waals surface area contributed by atoms with E-state index in [0.717, 1.165) is 0 Å². The molecule has 1 aliphatic heterocycles.